The van der Waals surface area contributed by atoms with Crippen molar-refractivity contribution in [3.8, 4) is 6.01 Å². The molecule has 0 aliphatic carbocycles. The lowest BCUT2D eigenvalue weighted by Crippen LogP contribution is -2.49. The average Bonchev–Trinajstić information content (AvgIpc) is 3.24. The molecule has 6 nitrogen and oxygen atoms in total. The number of fused-ring (bicyclic) bond motifs is 1. The summed E-state index contributed by atoms with van der Waals surface area (Å²) in [6, 6.07) is 30.3. The Morgan fingerprint density at radius 1 is 0.788 bits per heavy atom. The maximum atomic E-state index is 6.07. The first-order valence-electron chi connectivity index (χ1n) is 11.5. The Balaban J connectivity index is 1.20. The molecule has 0 atom stereocenters. The van der Waals surface area contributed by atoms with Gasteiger partial charge in [-0.2, -0.15) is 4.98 Å². The topological polar surface area (TPSA) is 42.8 Å². The maximum absolute atomic E-state index is 6.07. The van der Waals surface area contributed by atoms with E-state index in [9.17, 15) is 0 Å². The summed E-state index contributed by atoms with van der Waals surface area (Å²) in [5.41, 5.74) is 4.49. The third kappa shape index (κ3) is 4.72. The lowest BCUT2D eigenvalue weighted by atomic mass is 9.96. The van der Waals surface area contributed by atoms with Crippen molar-refractivity contribution in [3.63, 3.8) is 0 Å². The molecule has 5 rings (SSSR count). The van der Waals surface area contributed by atoms with Crippen molar-refractivity contribution in [1.82, 2.24) is 19.5 Å². The van der Waals surface area contributed by atoms with Crippen molar-refractivity contribution in [2.24, 2.45) is 0 Å². The fourth-order valence-electron chi connectivity index (χ4n) is 4.63. The highest BCUT2D eigenvalue weighted by atomic mass is 16.7. The maximum Gasteiger partial charge on any atom is 0.331 e. The lowest BCUT2D eigenvalue weighted by molar-refractivity contribution is 0.0535. The number of benzene rings is 3. The molecule has 33 heavy (non-hydrogen) atoms. The largest absolute Gasteiger partial charge is 0.466 e. The van der Waals surface area contributed by atoms with Crippen LogP contribution in [0.5, 0.6) is 6.01 Å². The Morgan fingerprint density at radius 3 is 2.03 bits per heavy atom. The van der Waals surface area contributed by atoms with E-state index in [1.807, 2.05) is 24.3 Å². The predicted molar refractivity (Wildman–Crippen MR) is 130 cm³/mol. The molecule has 0 radical (unpaired) electrons. The molecule has 6 heteroatoms. The molecule has 0 amide bonds. The van der Waals surface area contributed by atoms with Gasteiger partial charge in [0.05, 0.1) is 18.7 Å². The van der Waals surface area contributed by atoms with Gasteiger partial charge >= 0.3 is 6.01 Å². The highest BCUT2D eigenvalue weighted by Crippen LogP contribution is 2.29. The summed E-state index contributed by atoms with van der Waals surface area (Å²) < 4.78 is 7.10. The van der Waals surface area contributed by atoms with Gasteiger partial charge in [-0.05, 0) is 23.3 Å². The molecule has 1 saturated heterocycles. The second kappa shape index (κ2) is 10.1. The van der Waals surface area contributed by atoms with Gasteiger partial charge in [-0.1, -0.05) is 72.8 Å². The number of rotatable bonds is 8. The van der Waals surface area contributed by atoms with Crippen LogP contribution in [0, 0.1) is 0 Å². The van der Waals surface area contributed by atoms with Gasteiger partial charge in [-0.15, -0.1) is 4.73 Å². The number of para-hydroxylation sites is 2. The zero-order valence-corrected chi connectivity index (χ0v) is 19.0. The Morgan fingerprint density at radius 2 is 1.39 bits per heavy atom. The van der Waals surface area contributed by atoms with Crippen LogP contribution in [-0.4, -0.2) is 66.0 Å². The van der Waals surface area contributed by atoms with E-state index >= 15 is 0 Å². The quantitative estimate of drug-likeness (QED) is 0.414. The number of ether oxygens (including phenoxy) is 1. The van der Waals surface area contributed by atoms with Gasteiger partial charge < -0.3 is 9.57 Å². The number of methoxy groups -OCH3 is 1. The molecule has 1 aliphatic heterocycles. The summed E-state index contributed by atoms with van der Waals surface area (Å²) in [7, 11) is 1.62. The van der Waals surface area contributed by atoms with Gasteiger partial charge in [0, 0.05) is 32.7 Å². The molecule has 0 bridgehead atoms. The van der Waals surface area contributed by atoms with Crippen molar-refractivity contribution in [2.75, 3.05) is 46.4 Å². The molecule has 2 heterocycles. The molecule has 0 N–H and O–H groups in total. The smallest absolute Gasteiger partial charge is 0.331 e. The normalized spacial score (nSPS) is 15.2. The minimum Gasteiger partial charge on any atom is -0.466 e. The monoisotopic (exact) mass is 442 g/mol. The Labute approximate surface area is 194 Å². The van der Waals surface area contributed by atoms with Gasteiger partial charge in [0.25, 0.3) is 0 Å². The SMILES string of the molecule is COc1nc2ccccc2n1OCCN1CCN(C(c2ccccc2)c2ccccc2)CC1. The fourth-order valence-corrected chi connectivity index (χ4v) is 4.63. The van der Waals surface area contributed by atoms with E-state index in [0.717, 1.165) is 43.8 Å². The van der Waals surface area contributed by atoms with E-state index in [4.69, 9.17) is 9.57 Å². The minimum absolute atomic E-state index is 0.285. The molecule has 1 aromatic heterocycles. The van der Waals surface area contributed by atoms with E-state index < -0.39 is 0 Å². The Kier molecular flexibility index (Phi) is 6.56. The zero-order chi connectivity index (χ0) is 22.5. The number of aromatic nitrogens is 2. The van der Waals surface area contributed by atoms with Crippen LogP contribution >= 0.6 is 0 Å². The van der Waals surface area contributed by atoms with Crippen LogP contribution in [0.25, 0.3) is 11.0 Å². The Bertz CT molecular complexity index is 1120. The zero-order valence-electron chi connectivity index (χ0n) is 19.0. The number of hydrogen-bond donors (Lipinski definition) is 0. The first-order valence-corrected chi connectivity index (χ1v) is 11.5. The van der Waals surface area contributed by atoms with E-state index in [-0.39, 0.29) is 6.04 Å². The molecule has 170 valence electrons. The third-order valence-corrected chi connectivity index (χ3v) is 6.30. The fraction of sp³-hybridized carbons (Fsp3) is 0.296. The highest BCUT2D eigenvalue weighted by molar-refractivity contribution is 5.76. The van der Waals surface area contributed by atoms with Crippen LogP contribution in [0.1, 0.15) is 17.2 Å². The predicted octanol–water partition coefficient (Wildman–Crippen LogP) is 3.88. The highest BCUT2D eigenvalue weighted by Gasteiger charge is 2.26. The third-order valence-electron chi connectivity index (χ3n) is 6.30. The Hall–Kier alpha value is -3.35. The van der Waals surface area contributed by atoms with Crippen LogP contribution in [0.4, 0.5) is 0 Å². The average molecular weight is 443 g/mol. The minimum atomic E-state index is 0.285. The molecule has 1 fully saturated rings. The van der Waals surface area contributed by atoms with Crippen molar-refractivity contribution in [2.45, 2.75) is 6.04 Å². The second-order valence-electron chi connectivity index (χ2n) is 8.32. The van der Waals surface area contributed by atoms with E-state index in [1.165, 1.54) is 11.1 Å². The lowest BCUT2D eigenvalue weighted by Gasteiger charge is -2.39. The van der Waals surface area contributed by atoms with Crippen molar-refractivity contribution in [3.05, 3.63) is 96.1 Å². The van der Waals surface area contributed by atoms with Crippen LogP contribution in [0.15, 0.2) is 84.9 Å². The molecule has 4 aromatic rings. The second-order valence-corrected chi connectivity index (χ2v) is 8.32. The van der Waals surface area contributed by atoms with Crippen molar-refractivity contribution < 1.29 is 9.57 Å². The number of imidazole rings is 1. The molecule has 0 unspecified atom stereocenters. The van der Waals surface area contributed by atoms with Gasteiger partial charge in [-0.25, -0.2) is 0 Å². The first kappa shape index (κ1) is 21.5. The van der Waals surface area contributed by atoms with Gasteiger partial charge in [0.1, 0.15) is 12.1 Å². The molecule has 0 saturated carbocycles. The summed E-state index contributed by atoms with van der Waals surface area (Å²) in [4.78, 5) is 15.6. The van der Waals surface area contributed by atoms with Gasteiger partial charge in [-0.3, -0.25) is 9.80 Å². The van der Waals surface area contributed by atoms with Crippen LogP contribution in [0.2, 0.25) is 0 Å². The van der Waals surface area contributed by atoms with Crippen LogP contribution in [0.3, 0.4) is 0 Å². The number of piperazine rings is 1. The first-order chi connectivity index (χ1) is 16.3. The summed E-state index contributed by atoms with van der Waals surface area (Å²) in [6.45, 7) is 5.52. The molecular weight excluding hydrogens is 412 g/mol. The van der Waals surface area contributed by atoms with Crippen molar-refractivity contribution >= 4 is 11.0 Å². The van der Waals surface area contributed by atoms with Gasteiger partial charge in [0.2, 0.25) is 0 Å². The summed E-state index contributed by atoms with van der Waals surface area (Å²) in [5, 5.41) is 0. The molecule has 0 spiro atoms. The molecular formula is C27H30N4O2. The standard InChI is InChI=1S/C27H30N4O2/c1-32-27-28-24-14-8-9-15-25(24)31(27)33-21-20-29-16-18-30(19-17-29)26(22-10-4-2-5-11-22)23-12-6-3-7-13-23/h2-15,26H,16-21H2,1H3. The van der Waals surface area contributed by atoms with E-state index in [0.29, 0.717) is 12.6 Å². The van der Waals surface area contributed by atoms with E-state index in [1.54, 1.807) is 11.8 Å². The summed E-state index contributed by atoms with van der Waals surface area (Å²) in [6.07, 6.45) is 0. The summed E-state index contributed by atoms with van der Waals surface area (Å²) >= 11 is 0. The summed E-state index contributed by atoms with van der Waals surface area (Å²) in [5.74, 6) is 0. The van der Waals surface area contributed by atoms with Gasteiger partial charge in [0.15, 0.2) is 0 Å². The van der Waals surface area contributed by atoms with Crippen LogP contribution in [-0.2, 0) is 0 Å². The number of hydrogen-bond acceptors (Lipinski definition) is 5. The molecule has 3 aromatic carbocycles. The van der Waals surface area contributed by atoms with Crippen LogP contribution < -0.4 is 9.57 Å². The molecule has 1 aliphatic rings. The number of nitrogens with zero attached hydrogens (tertiary/aromatic N) is 4. The van der Waals surface area contributed by atoms with E-state index in [2.05, 4.69) is 75.4 Å². The van der Waals surface area contributed by atoms with Crippen molar-refractivity contribution in [1.29, 1.82) is 0 Å².